The Morgan fingerprint density at radius 2 is 1.77 bits per heavy atom. The Morgan fingerprint density at radius 3 is 2.54 bits per heavy atom. The molecule has 0 bridgehead atoms. The predicted molar refractivity (Wildman–Crippen MR) is 109 cm³/mol. The first-order valence-electron chi connectivity index (χ1n) is 9.28. The normalized spacial score (nSPS) is 16.4. The highest BCUT2D eigenvalue weighted by Gasteiger charge is 2.16. The maximum atomic E-state index is 6.17. The van der Waals surface area contributed by atoms with Crippen molar-refractivity contribution in [3.8, 4) is 11.3 Å². The molecule has 1 saturated heterocycles. The van der Waals surface area contributed by atoms with Crippen LogP contribution in [0.3, 0.4) is 0 Å². The zero-order valence-corrected chi connectivity index (χ0v) is 16.2. The van der Waals surface area contributed by atoms with Crippen molar-refractivity contribution < 1.29 is 0 Å². The van der Waals surface area contributed by atoms with Crippen LogP contribution in [0, 0.1) is 0 Å². The number of rotatable bonds is 4. The van der Waals surface area contributed by atoms with Crippen LogP contribution in [-0.2, 0) is 13.6 Å². The first kappa shape index (κ1) is 17.5. The summed E-state index contributed by atoms with van der Waals surface area (Å²) in [6.45, 7) is 8.93. The van der Waals surface area contributed by atoms with Crippen LogP contribution in [0.15, 0.2) is 42.7 Å². The van der Waals surface area contributed by atoms with Crippen molar-refractivity contribution in [2.45, 2.75) is 13.5 Å². The summed E-state index contributed by atoms with van der Waals surface area (Å²) in [6.07, 6.45) is 3.95. The third-order valence-electron chi connectivity index (χ3n) is 5.42. The number of aryl methyl sites for hydroxylation is 1. The lowest BCUT2D eigenvalue weighted by Gasteiger charge is -2.34. The molecule has 0 spiro atoms. The van der Waals surface area contributed by atoms with Crippen LogP contribution in [0.5, 0.6) is 0 Å². The minimum Gasteiger partial charge on any atom is -0.344 e. The van der Waals surface area contributed by atoms with Gasteiger partial charge in [-0.05, 0) is 36.4 Å². The van der Waals surface area contributed by atoms with Gasteiger partial charge in [-0.1, -0.05) is 24.6 Å². The van der Waals surface area contributed by atoms with E-state index in [4.69, 9.17) is 11.6 Å². The van der Waals surface area contributed by atoms with Gasteiger partial charge in [0.1, 0.15) is 0 Å². The van der Waals surface area contributed by atoms with Gasteiger partial charge in [0.2, 0.25) is 0 Å². The van der Waals surface area contributed by atoms with Gasteiger partial charge < -0.3 is 9.47 Å². The number of nitrogens with zero attached hydrogens (tertiary/aromatic N) is 4. The zero-order valence-electron chi connectivity index (χ0n) is 15.5. The molecule has 0 atom stereocenters. The summed E-state index contributed by atoms with van der Waals surface area (Å²) in [6, 6.07) is 10.5. The molecule has 136 valence electrons. The minimum absolute atomic E-state index is 0.767. The molecular formula is C21H25ClN4. The van der Waals surface area contributed by atoms with Crippen LogP contribution in [0.1, 0.15) is 12.5 Å². The third-order valence-corrected chi connectivity index (χ3v) is 5.65. The van der Waals surface area contributed by atoms with Crippen LogP contribution < -0.4 is 0 Å². The van der Waals surface area contributed by atoms with Crippen molar-refractivity contribution in [1.82, 2.24) is 19.4 Å². The van der Waals surface area contributed by atoms with Crippen molar-refractivity contribution in [3.63, 3.8) is 0 Å². The van der Waals surface area contributed by atoms with Gasteiger partial charge in [-0.25, -0.2) is 0 Å². The van der Waals surface area contributed by atoms with Gasteiger partial charge in [-0.2, -0.15) is 0 Å². The second-order valence-corrected chi connectivity index (χ2v) is 7.52. The molecule has 1 aliphatic rings. The van der Waals surface area contributed by atoms with E-state index in [0.29, 0.717) is 0 Å². The third kappa shape index (κ3) is 3.50. The van der Waals surface area contributed by atoms with E-state index in [1.807, 2.05) is 24.5 Å². The Morgan fingerprint density at radius 1 is 1.00 bits per heavy atom. The smallest absolute Gasteiger partial charge is 0.0504 e. The van der Waals surface area contributed by atoms with Crippen LogP contribution in [0.25, 0.3) is 22.2 Å². The fourth-order valence-electron chi connectivity index (χ4n) is 3.82. The summed E-state index contributed by atoms with van der Waals surface area (Å²) >= 11 is 6.17. The molecule has 4 nitrogen and oxygen atoms in total. The van der Waals surface area contributed by atoms with Crippen LogP contribution >= 0.6 is 11.6 Å². The molecule has 26 heavy (non-hydrogen) atoms. The first-order chi connectivity index (χ1) is 12.6. The van der Waals surface area contributed by atoms with Gasteiger partial charge in [-0.3, -0.25) is 9.88 Å². The van der Waals surface area contributed by atoms with Gasteiger partial charge >= 0.3 is 0 Å². The second kappa shape index (κ2) is 7.39. The van der Waals surface area contributed by atoms with Crippen LogP contribution in [0.4, 0.5) is 0 Å². The number of aromatic nitrogens is 2. The fourth-order valence-corrected chi connectivity index (χ4v) is 3.98. The highest BCUT2D eigenvalue weighted by Crippen LogP contribution is 2.29. The van der Waals surface area contributed by atoms with E-state index >= 15 is 0 Å². The van der Waals surface area contributed by atoms with E-state index in [1.54, 1.807) is 0 Å². The number of fused-ring (bicyclic) bond motifs is 1. The van der Waals surface area contributed by atoms with E-state index in [-0.39, 0.29) is 0 Å². The number of benzene rings is 1. The summed E-state index contributed by atoms with van der Waals surface area (Å²) < 4.78 is 2.20. The van der Waals surface area contributed by atoms with Crippen molar-refractivity contribution in [2.75, 3.05) is 32.7 Å². The molecule has 0 radical (unpaired) electrons. The molecule has 3 aromatic rings. The molecule has 3 heterocycles. The molecule has 0 amide bonds. The average molecular weight is 369 g/mol. The molecule has 5 heteroatoms. The number of hydrogen-bond acceptors (Lipinski definition) is 3. The first-order valence-corrected chi connectivity index (χ1v) is 9.66. The number of piperazine rings is 1. The zero-order chi connectivity index (χ0) is 18.1. The van der Waals surface area contributed by atoms with Gasteiger partial charge in [0, 0.05) is 73.7 Å². The number of likely N-dealkylation sites (N-methyl/N-ethyl adjacent to an activating group) is 1. The highest BCUT2D eigenvalue weighted by atomic mass is 35.5. The van der Waals surface area contributed by atoms with E-state index in [1.165, 1.54) is 16.6 Å². The molecule has 1 aromatic carbocycles. The Balaban J connectivity index is 1.57. The molecule has 4 rings (SSSR count). The summed E-state index contributed by atoms with van der Waals surface area (Å²) in [7, 11) is 2.09. The van der Waals surface area contributed by atoms with Crippen molar-refractivity contribution in [1.29, 1.82) is 0 Å². The van der Waals surface area contributed by atoms with Crippen molar-refractivity contribution in [3.05, 3.63) is 53.3 Å². The standard InChI is InChI=1S/C21H25ClN4/c1-3-25-6-8-26(9-7-25)15-16-10-18(14-23-13-16)20-11-17-4-5-19(22)12-21(17)24(20)2/h4-5,10-14H,3,6-9,15H2,1-2H3. The Labute approximate surface area is 160 Å². The molecule has 0 saturated carbocycles. The minimum atomic E-state index is 0.767. The Hall–Kier alpha value is -1.88. The number of halogens is 1. The molecule has 1 fully saturated rings. The van der Waals surface area contributed by atoms with Crippen LogP contribution in [-0.4, -0.2) is 52.1 Å². The SMILES string of the molecule is CCN1CCN(Cc2cncc(-c3cc4ccc(Cl)cc4n3C)c2)CC1. The Bertz CT molecular complexity index is 910. The van der Waals surface area contributed by atoms with E-state index < -0.39 is 0 Å². The van der Waals surface area contributed by atoms with Crippen molar-refractivity contribution >= 4 is 22.5 Å². The van der Waals surface area contributed by atoms with Crippen molar-refractivity contribution in [2.24, 2.45) is 7.05 Å². The Kier molecular flexibility index (Phi) is 4.98. The summed E-state index contributed by atoms with van der Waals surface area (Å²) in [4.78, 5) is 9.54. The van der Waals surface area contributed by atoms with Crippen LogP contribution in [0.2, 0.25) is 5.02 Å². The van der Waals surface area contributed by atoms with Gasteiger partial charge in [0.15, 0.2) is 0 Å². The maximum absolute atomic E-state index is 6.17. The average Bonchev–Trinajstić information content (AvgIpc) is 2.99. The van der Waals surface area contributed by atoms with Gasteiger partial charge in [0.05, 0.1) is 5.69 Å². The molecule has 0 unspecified atom stereocenters. The van der Waals surface area contributed by atoms with Gasteiger partial charge in [-0.15, -0.1) is 0 Å². The molecule has 2 aromatic heterocycles. The monoisotopic (exact) mass is 368 g/mol. The van der Waals surface area contributed by atoms with E-state index in [2.05, 4.69) is 51.5 Å². The summed E-state index contributed by atoms with van der Waals surface area (Å²) in [5.41, 5.74) is 4.75. The predicted octanol–water partition coefficient (Wildman–Crippen LogP) is 4.03. The second-order valence-electron chi connectivity index (χ2n) is 7.08. The number of pyridine rings is 1. The topological polar surface area (TPSA) is 24.3 Å². The summed E-state index contributed by atoms with van der Waals surface area (Å²) in [5.74, 6) is 0. The van der Waals surface area contributed by atoms with E-state index in [0.717, 1.165) is 55.4 Å². The quantitative estimate of drug-likeness (QED) is 0.694. The lowest BCUT2D eigenvalue weighted by molar-refractivity contribution is 0.132. The lowest BCUT2D eigenvalue weighted by atomic mass is 10.1. The molecular weight excluding hydrogens is 344 g/mol. The lowest BCUT2D eigenvalue weighted by Crippen LogP contribution is -2.45. The maximum Gasteiger partial charge on any atom is 0.0504 e. The van der Waals surface area contributed by atoms with Gasteiger partial charge in [0.25, 0.3) is 0 Å². The summed E-state index contributed by atoms with van der Waals surface area (Å²) in [5, 5.41) is 1.97. The molecule has 1 aliphatic heterocycles. The number of hydrogen-bond donors (Lipinski definition) is 0. The molecule has 0 N–H and O–H groups in total. The fraction of sp³-hybridized carbons (Fsp3) is 0.381. The van der Waals surface area contributed by atoms with E-state index in [9.17, 15) is 0 Å². The largest absolute Gasteiger partial charge is 0.344 e. The highest BCUT2D eigenvalue weighted by molar-refractivity contribution is 6.31. The molecule has 0 aliphatic carbocycles.